The van der Waals surface area contributed by atoms with Crippen LogP contribution in [0.15, 0.2) is 18.2 Å². The van der Waals surface area contributed by atoms with Gasteiger partial charge in [-0.15, -0.1) is 11.3 Å². The molecule has 0 aliphatic heterocycles. The Kier molecular flexibility index (Phi) is 8.72. The molecule has 0 saturated carbocycles. The summed E-state index contributed by atoms with van der Waals surface area (Å²) in [5, 5.41) is 3.20. The van der Waals surface area contributed by atoms with Gasteiger partial charge in [-0.3, -0.25) is 4.79 Å². The van der Waals surface area contributed by atoms with Gasteiger partial charge in [0.25, 0.3) is 5.91 Å². The van der Waals surface area contributed by atoms with Gasteiger partial charge in [-0.05, 0) is 75.1 Å². The van der Waals surface area contributed by atoms with Gasteiger partial charge >= 0.3 is 11.9 Å². The van der Waals surface area contributed by atoms with Gasteiger partial charge < -0.3 is 19.5 Å². The SMILES string of the molecule is Cc1ccc(C(C)C)c(OCC(=O)OCC(=O)Nc2sc3c(c2C(=O)OC(C)C)CCCC3)c1. The van der Waals surface area contributed by atoms with Crippen LogP contribution in [0.1, 0.15) is 78.4 Å². The number of fused-ring (bicyclic) bond motifs is 1. The molecule has 8 heteroatoms. The average Bonchev–Trinajstić information content (AvgIpc) is 3.13. The van der Waals surface area contributed by atoms with E-state index >= 15 is 0 Å². The van der Waals surface area contributed by atoms with Crippen molar-refractivity contribution in [2.24, 2.45) is 0 Å². The summed E-state index contributed by atoms with van der Waals surface area (Å²) in [6.07, 6.45) is 3.45. The number of benzene rings is 1. The Hall–Kier alpha value is -2.87. The van der Waals surface area contributed by atoms with Crippen LogP contribution in [0, 0.1) is 6.92 Å². The first-order valence-electron chi connectivity index (χ1n) is 11.7. The zero-order chi connectivity index (χ0) is 24.8. The van der Waals surface area contributed by atoms with Gasteiger partial charge in [0.2, 0.25) is 0 Å². The maximum Gasteiger partial charge on any atom is 0.344 e. The fourth-order valence-corrected chi connectivity index (χ4v) is 5.17. The Balaban J connectivity index is 1.59. The van der Waals surface area contributed by atoms with Crippen molar-refractivity contribution in [1.82, 2.24) is 0 Å². The molecular formula is C26H33NO6S. The number of anilines is 1. The summed E-state index contributed by atoms with van der Waals surface area (Å²) in [6, 6.07) is 5.86. The summed E-state index contributed by atoms with van der Waals surface area (Å²) in [5.41, 5.74) is 3.41. The number of ether oxygens (including phenoxy) is 3. The van der Waals surface area contributed by atoms with Crippen LogP contribution in [0.3, 0.4) is 0 Å². The third-order valence-corrected chi connectivity index (χ3v) is 6.68. The van der Waals surface area contributed by atoms with Gasteiger partial charge in [-0.1, -0.05) is 26.0 Å². The molecule has 2 aromatic rings. The molecule has 1 aromatic heterocycles. The topological polar surface area (TPSA) is 90.9 Å². The van der Waals surface area contributed by atoms with Crippen molar-refractivity contribution < 1.29 is 28.6 Å². The molecule has 1 aliphatic rings. The van der Waals surface area contributed by atoms with Crippen molar-refractivity contribution in [2.75, 3.05) is 18.5 Å². The van der Waals surface area contributed by atoms with Crippen molar-refractivity contribution in [2.45, 2.75) is 72.3 Å². The Bertz CT molecular complexity index is 1060. The molecular weight excluding hydrogens is 454 g/mol. The van der Waals surface area contributed by atoms with Crippen molar-refractivity contribution in [3.8, 4) is 5.75 Å². The van der Waals surface area contributed by atoms with Crippen LogP contribution in [-0.4, -0.2) is 37.2 Å². The van der Waals surface area contributed by atoms with Crippen molar-refractivity contribution in [1.29, 1.82) is 0 Å². The first-order chi connectivity index (χ1) is 16.2. The second kappa shape index (κ2) is 11.5. The fourth-order valence-electron chi connectivity index (χ4n) is 3.87. The molecule has 0 atom stereocenters. The average molecular weight is 488 g/mol. The van der Waals surface area contributed by atoms with Crippen LogP contribution in [0.25, 0.3) is 0 Å². The maximum atomic E-state index is 12.7. The van der Waals surface area contributed by atoms with Crippen LogP contribution in [0.2, 0.25) is 0 Å². The van der Waals surface area contributed by atoms with E-state index in [4.69, 9.17) is 14.2 Å². The number of nitrogens with one attached hydrogen (secondary N) is 1. The lowest BCUT2D eigenvalue weighted by Crippen LogP contribution is -2.24. The van der Waals surface area contributed by atoms with Gasteiger partial charge in [-0.25, -0.2) is 9.59 Å². The van der Waals surface area contributed by atoms with Gasteiger partial charge in [0.05, 0.1) is 11.7 Å². The van der Waals surface area contributed by atoms with Crippen LogP contribution >= 0.6 is 11.3 Å². The lowest BCUT2D eigenvalue weighted by atomic mass is 9.95. The molecule has 0 bridgehead atoms. The molecule has 34 heavy (non-hydrogen) atoms. The monoisotopic (exact) mass is 487 g/mol. The highest BCUT2D eigenvalue weighted by Crippen LogP contribution is 2.38. The molecule has 0 unspecified atom stereocenters. The van der Waals surface area contributed by atoms with E-state index in [0.717, 1.165) is 47.3 Å². The number of rotatable bonds is 9. The summed E-state index contributed by atoms with van der Waals surface area (Å²) >= 11 is 1.40. The summed E-state index contributed by atoms with van der Waals surface area (Å²) in [6.45, 7) is 8.87. The predicted octanol–water partition coefficient (Wildman–Crippen LogP) is 5.18. The number of aryl methyl sites for hydroxylation is 2. The van der Waals surface area contributed by atoms with E-state index in [-0.39, 0.29) is 18.6 Å². The van der Waals surface area contributed by atoms with Crippen molar-refractivity contribution >= 4 is 34.2 Å². The van der Waals surface area contributed by atoms with Crippen LogP contribution in [0.5, 0.6) is 5.75 Å². The van der Waals surface area contributed by atoms with Crippen LogP contribution in [0.4, 0.5) is 5.00 Å². The van der Waals surface area contributed by atoms with E-state index in [1.807, 2.05) is 39.0 Å². The summed E-state index contributed by atoms with van der Waals surface area (Å²) < 4.78 is 16.2. The lowest BCUT2D eigenvalue weighted by molar-refractivity contribution is -0.149. The van der Waals surface area contributed by atoms with E-state index in [1.54, 1.807) is 13.8 Å². The van der Waals surface area contributed by atoms with Gasteiger partial charge in [0, 0.05) is 4.88 Å². The minimum atomic E-state index is -0.642. The smallest absolute Gasteiger partial charge is 0.344 e. The Morgan fingerprint density at radius 2 is 1.79 bits per heavy atom. The second-order valence-corrected chi connectivity index (χ2v) is 10.2. The molecule has 0 radical (unpaired) electrons. The number of carbonyl (C=O) groups is 3. The number of hydrogen-bond donors (Lipinski definition) is 1. The highest BCUT2D eigenvalue weighted by Gasteiger charge is 2.28. The Morgan fingerprint density at radius 3 is 2.50 bits per heavy atom. The maximum absolute atomic E-state index is 12.7. The fraction of sp³-hybridized carbons (Fsp3) is 0.500. The molecule has 1 aliphatic carbocycles. The molecule has 1 heterocycles. The minimum Gasteiger partial charge on any atom is -0.482 e. The highest BCUT2D eigenvalue weighted by molar-refractivity contribution is 7.17. The van der Waals surface area contributed by atoms with Crippen LogP contribution < -0.4 is 10.1 Å². The third kappa shape index (κ3) is 6.59. The second-order valence-electron chi connectivity index (χ2n) is 9.06. The van der Waals surface area contributed by atoms with Crippen molar-refractivity contribution in [3.63, 3.8) is 0 Å². The van der Waals surface area contributed by atoms with Gasteiger partial charge in [-0.2, -0.15) is 0 Å². The predicted molar refractivity (Wildman–Crippen MR) is 132 cm³/mol. The molecule has 7 nitrogen and oxygen atoms in total. The first-order valence-corrected chi connectivity index (χ1v) is 12.5. The van der Waals surface area contributed by atoms with E-state index in [9.17, 15) is 14.4 Å². The number of thiophene rings is 1. The zero-order valence-corrected chi connectivity index (χ0v) is 21.3. The van der Waals surface area contributed by atoms with Crippen molar-refractivity contribution in [3.05, 3.63) is 45.3 Å². The first kappa shape index (κ1) is 25.7. The minimum absolute atomic E-state index is 0.241. The number of amides is 1. The van der Waals surface area contributed by atoms with Gasteiger partial charge in [0.15, 0.2) is 13.2 Å². The largest absolute Gasteiger partial charge is 0.482 e. The molecule has 3 rings (SSSR count). The van der Waals surface area contributed by atoms with E-state index in [0.29, 0.717) is 16.3 Å². The Morgan fingerprint density at radius 1 is 1.06 bits per heavy atom. The summed E-state index contributed by atoms with van der Waals surface area (Å²) in [4.78, 5) is 38.5. The molecule has 1 amide bonds. The van der Waals surface area contributed by atoms with Gasteiger partial charge in [0.1, 0.15) is 10.8 Å². The highest BCUT2D eigenvalue weighted by atomic mass is 32.1. The normalized spacial score (nSPS) is 12.9. The molecule has 1 aromatic carbocycles. The summed E-state index contributed by atoms with van der Waals surface area (Å²) in [5.74, 6) is -0.714. The quantitative estimate of drug-likeness (QED) is 0.490. The van der Waals surface area contributed by atoms with E-state index < -0.39 is 24.5 Å². The molecule has 1 N–H and O–H groups in total. The standard InChI is InChI=1S/C26H33NO6S/c1-15(2)18-11-10-17(5)12-20(18)31-14-23(29)32-13-22(28)27-25-24(26(30)33-16(3)4)19-8-6-7-9-21(19)34-25/h10-12,15-16H,6-9,13-14H2,1-5H3,(H,27,28). The molecule has 0 saturated heterocycles. The molecule has 0 spiro atoms. The molecule has 184 valence electrons. The Labute approximate surface area is 204 Å². The third-order valence-electron chi connectivity index (χ3n) is 5.47. The lowest BCUT2D eigenvalue weighted by Gasteiger charge is -2.15. The van der Waals surface area contributed by atoms with E-state index in [1.165, 1.54) is 11.3 Å². The number of carbonyl (C=O) groups excluding carboxylic acids is 3. The summed E-state index contributed by atoms with van der Waals surface area (Å²) in [7, 11) is 0. The molecule has 0 fully saturated rings. The van der Waals surface area contributed by atoms with Crippen LogP contribution in [-0.2, 0) is 31.9 Å². The number of esters is 2. The van der Waals surface area contributed by atoms with E-state index in [2.05, 4.69) is 5.32 Å². The number of hydrogen-bond acceptors (Lipinski definition) is 7. The zero-order valence-electron chi connectivity index (χ0n) is 20.5.